The van der Waals surface area contributed by atoms with Gasteiger partial charge in [0.15, 0.2) is 0 Å². The van der Waals surface area contributed by atoms with E-state index in [2.05, 4.69) is 17.9 Å². The maximum absolute atomic E-state index is 9.30. The highest BCUT2D eigenvalue weighted by atomic mass is 16.3. The van der Waals surface area contributed by atoms with E-state index in [0.717, 1.165) is 12.5 Å². The van der Waals surface area contributed by atoms with E-state index in [0.29, 0.717) is 11.8 Å². The molecule has 0 spiro atoms. The number of likely N-dealkylation sites (N-methyl/N-ethyl adjacent to an activating group) is 1. The van der Waals surface area contributed by atoms with Crippen molar-refractivity contribution >= 4 is 5.57 Å². The Morgan fingerprint density at radius 3 is 2.44 bits per heavy atom. The van der Waals surface area contributed by atoms with Crippen LogP contribution in [0, 0.1) is 5.92 Å². The van der Waals surface area contributed by atoms with Gasteiger partial charge in [-0.1, -0.05) is 39.0 Å². The number of hydrogen-bond acceptors (Lipinski definition) is 2. The molecule has 1 fully saturated rings. The molecule has 1 saturated heterocycles. The van der Waals surface area contributed by atoms with Crippen molar-refractivity contribution in [3.05, 3.63) is 35.9 Å². The molecule has 98 valence electrons. The van der Waals surface area contributed by atoms with E-state index in [1.165, 1.54) is 24.1 Å². The van der Waals surface area contributed by atoms with Crippen LogP contribution in [0.2, 0.25) is 0 Å². The van der Waals surface area contributed by atoms with Gasteiger partial charge in [-0.3, -0.25) is 4.90 Å². The summed E-state index contributed by atoms with van der Waals surface area (Å²) in [6, 6.07) is 8.21. The highest BCUT2D eigenvalue weighted by Gasteiger charge is 2.38. The molecule has 3 rings (SSSR count). The van der Waals surface area contributed by atoms with Crippen molar-refractivity contribution in [1.29, 1.82) is 0 Å². The van der Waals surface area contributed by atoms with E-state index in [4.69, 9.17) is 0 Å². The zero-order valence-corrected chi connectivity index (χ0v) is 11.6. The summed E-state index contributed by atoms with van der Waals surface area (Å²) in [5.41, 5.74) is 2.72. The maximum atomic E-state index is 9.30. The largest absolute Gasteiger partial charge is 0.508 e. The zero-order valence-electron chi connectivity index (χ0n) is 11.6. The Balaban J connectivity index is 0.000000574. The van der Waals surface area contributed by atoms with E-state index in [9.17, 15) is 5.11 Å². The van der Waals surface area contributed by atoms with Crippen LogP contribution in [-0.4, -0.2) is 29.1 Å². The summed E-state index contributed by atoms with van der Waals surface area (Å²) in [6.07, 6.45) is 3.70. The molecule has 1 N–H and O–H groups in total. The van der Waals surface area contributed by atoms with Gasteiger partial charge in [0, 0.05) is 12.6 Å². The summed E-state index contributed by atoms with van der Waals surface area (Å²) < 4.78 is 0. The number of hydrogen-bond donors (Lipinski definition) is 1. The predicted molar refractivity (Wildman–Crippen MR) is 76.6 cm³/mol. The molecule has 18 heavy (non-hydrogen) atoms. The topological polar surface area (TPSA) is 23.5 Å². The van der Waals surface area contributed by atoms with E-state index in [-0.39, 0.29) is 0 Å². The van der Waals surface area contributed by atoms with Crippen LogP contribution < -0.4 is 0 Å². The van der Waals surface area contributed by atoms with Crippen LogP contribution in [0.1, 0.15) is 32.8 Å². The Labute approximate surface area is 110 Å². The Morgan fingerprint density at radius 2 is 1.89 bits per heavy atom. The molecule has 2 bridgehead atoms. The van der Waals surface area contributed by atoms with Gasteiger partial charge in [0.05, 0.1) is 0 Å². The van der Waals surface area contributed by atoms with Crippen LogP contribution in [-0.2, 0) is 0 Å². The Hall–Kier alpha value is -1.28. The molecule has 0 amide bonds. The highest BCUT2D eigenvalue weighted by Crippen LogP contribution is 2.41. The molecule has 1 heterocycles. The van der Waals surface area contributed by atoms with Gasteiger partial charge >= 0.3 is 0 Å². The van der Waals surface area contributed by atoms with Crippen LogP contribution in [0.4, 0.5) is 0 Å². The smallest absolute Gasteiger partial charge is 0.115 e. The van der Waals surface area contributed by atoms with Crippen LogP contribution in [0.5, 0.6) is 5.75 Å². The minimum atomic E-state index is 0.347. The fourth-order valence-corrected chi connectivity index (χ4v) is 3.04. The molecule has 0 radical (unpaired) electrons. The lowest BCUT2D eigenvalue weighted by Gasteiger charge is -2.27. The number of likely N-dealkylation sites (tertiary alicyclic amines) is 1. The van der Waals surface area contributed by atoms with E-state index in [1.54, 1.807) is 12.1 Å². The summed E-state index contributed by atoms with van der Waals surface area (Å²) in [5.74, 6) is 1.09. The second kappa shape index (κ2) is 5.57. The molecule has 2 atom stereocenters. The van der Waals surface area contributed by atoms with Gasteiger partial charge in [0.2, 0.25) is 0 Å². The summed E-state index contributed by atoms with van der Waals surface area (Å²) in [5, 5.41) is 9.30. The summed E-state index contributed by atoms with van der Waals surface area (Å²) in [7, 11) is 0. The number of fused-ring (bicyclic) bond motifs is 2. The molecule has 1 aromatic rings. The van der Waals surface area contributed by atoms with Gasteiger partial charge in [-0.2, -0.15) is 0 Å². The van der Waals surface area contributed by atoms with E-state index >= 15 is 0 Å². The first kappa shape index (κ1) is 13.2. The van der Waals surface area contributed by atoms with Crippen molar-refractivity contribution in [2.75, 3.05) is 13.1 Å². The van der Waals surface area contributed by atoms with Crippen molar-refractivity contribution in [3.63, 3.8) is 0 Å². The Morgan fingerprint density at radius 1 is 1.22 bits per heavy atom. The zero-order chi connectivity index (χ0) is 13.1. The van der Waals surface area contributed by atoms with Crippen LogP contribution in [0.15, 0.2) is 30.3 Å². The van der Waals surface area contributed by atoms with E-state index in [1.807, 2.05) is 26.0 Å². The van der Waals surface area contributed by atoms with Crippen LogP contribution in [0.25, 0.3) is 5.57 Å². The van der Waals surface area contributed by atoms with Gasteiger partial charge in [-0.25, -0.2) is 0 Å². The molecular formula is C16H23NO. The number of benzene rings is 1. The molecule has 2 heteroatoms. The van der Waals surface area contributed by atoms with Crippen molar-refractivity contribution in [3.8, 4) is 5.75 Å². The monoisotopic (exact) mass is 245 g/mol. The lowest BCUT2D eigenvalue weighted by molar-refractivity contribution is 0.303. The maximum Gasteiger partial charge on any atom is 0.115 e. The van der Waals surface area contributed by atoms with Gasteiger partial charge in [-0.05, 0) is 42.2 Å². The second-order valence-corrected chi connectivity index (χ2v) is 4.77. The highest BCUT2D eigenvalue weighted by molar-refractivity contribution is 5.73. The first-order chi connectivity index (χ1) is 8.78. The normalized spacial score (nSPS) is 25.6. The predicted octanol–water partition coefficient (Wildman–Crippen LogP) is 3.53. The standard InChI is InChI=1S/C14H17NO.C2H6/c1-2-15-9-10-7-13(14(15)8-10)11-3-5-12(16)6-4-11;1-2/h3-7,10,14,16H,2,8-9H2,1H3;1-2H3. The molecule has 2 nitrogen and oxygen atoms in total. The lowest BCUT2D eigenvalue weighted by atomic mass is 10.00. The van der Waals surface area contributed by atoms with Gasteiger partial charge in [0.25, 0.3) is 0 Å². The van der Waals surface area contributed by atoms with Crippen molar-refractivity contribution < 1.29 is 5.11 Å². The van der Waals surface area contributed by atoms with Gasteiger partial charge in [0.1, 0.15) is 5.75 Å². The quantitative estimate of drug-likeness (QED) is 0.861. The summed E-state index contributed by atoms with van der Waals surface area (Å²) in [4.78, 5) is 2.55. The summed E-state index contributed by atoms with van der Waals surface area (Å²) >= 11 is 0. The number of aromatic hydroxyl groups is 1. The Bertz CT molecular complexity index is 421. The average Bonchev–Trinajstić information content (AvgIpc) is 3.01. The van der Waals surface area contributed by atoms with Crippen molar-refractivity contribution in [1.82, 2.24) is 4.90 Å². The second-order valence-electron chi connectivity index (χ2n) is 4.77. The SMILES string of the molecule is CC.CCN1CC2C=C(c3ccc(O)cc3)C1C2. The molecule has 0 aromatic heterocycles. The molecule has 1 aliphatic heterocycles. The molecule has 1 aliphatic carbocycles. The molecule has 2 unspecified atom stereocenters. The number of rotatable bonds is 2. The third-order valence-electron chi connectivity index (χ3n) is 3.82. The minimum absolute atomic E-state index is 0.347. The third-order valence-corrected chi connectivity index (χ3v) is 3.82. The fraction of sp³-hybridized carbons (Fsp3) is 0.500. The molecule has 1 aromatic carbocycles. The minimum Gasteiger partial charge on any atom is -0.508 e. The van der Waals surface area contributed by atoms with Crippen LogP contribution in [0.3, 0.4) is 0 Å². The van der Waals surface area contributed by atoms with Crippen LogP contribution >= 0.6 is 0 Å². The fourth-order valence-electron chi connectivity index (χ4n) is 3.04. The van der Waals surface area contributed by atoms with Gasteiger partial charge < -0.3 is 5.11 Å². The van der Waals surface area contributed by atoms with E-state index < -0.39 is 0 Å². The first-order valence-corrected chi connectivity index (χ1v) is 7.03. The Kier molecular flexibility index (Phi) is 4.07. The molecular weight excluding hydrogens is 222 g/mol. The summed E-state index contributed by atoms with van der Waals surface area (Å²) in [6.45, 7) is 8.59. The first-order valence-electron chi connectivity index (χ1n) is 7.03. The number of phenolic OH excluding ortho intramolecular Hbond substituents is 1. The number of nitrogens with zero attached hydrogens (tertiary/aromatic N) is 1. The molecule has 2 aliphatic rings. The van der Waals surface area contributed by atoms with Crippen molar-refractivity contribution in [2.45, 2.75) is 33.2 Å². The average molecular weight is 245 g/mol. The lowest BCUT2D eigenvalue weighted by Crippen LogP contribution is -2.31. The third kappa shape index (κ3) is 2.30. The van der Waals surface area contributed by atoms with Crippen molar-refractivity contribution in [2.24, 2.45) is 5.92 Å². The molecule has 0 saturated carbocycles. The van der Waals surface area contributed by atoms with Gasteiger partial charge in [-0.15, -0.1) is 0 Å². The number of phenols is 1.